The van der Waals surface area contributed by atoms with Crippen LogP contribution in [0.15, 0.2) is 6.07 Å². The van der Waals surface area contributed by atoms with Crippen LogP contribution in [0, 0.1) is 18.8 Å². The molecule has 0 spiro atoms. The maximum Gasteiger partial charge on any atom is 0.350 e. The average molecular weight is 410 g/mol. The number of rotatable bonds is 5. The topological polar surface area (TPSA) is 72.9 Å². The summed E-state index contributed by atoms with van der Waals surface area (Å²) >= 11 is 1.26. The van der Waals surface area contributed by atoms with Gasteiger partial charge in [-0.05, 0) is 65.4 Å². The van der Waals surface area contributed by atoms with Gasteiger partial charge in [0.05, 0.1) is 12.8 Å². The zero-order chi connectivity index (χ0) is 21.1. The van der Waals surface area contributed by atoms with Crippen molar-refractivity contribution < 1.29 is 23.9 Å². The highest BCUT2D eigenvalue weighted by Gasteiger charge is 2.34. The summed E-state index contributed by atoms with van der Waals surface area (Å²) in [5, 5.41) is 0. The van der Waals surface area contributed by atoms with Crippen LogP contribution in [0.25, 0.3) is 0 Å². The minimum atomic E-state index is -0.651. The van der Waals surface area contributed by atoms with Crippen molar-refractivity contribution in [3.05, 3.63) is 15.8 Å². The first-order valence-electron chi connectivity index (χ1n) is 9.73. The molecule has 1 amide bonds. The molecule has 0 saturated heterocycles. The Morgan fingerprint density at radius 1 is 1.18 bits per heavy atom. The molecule has 0 radical (unpaired) electrons. The number of ether oxygens (including phenoxy) is 2. The number of hydrogen-bond donors (Lipinski definition) is 0. The van der Waals surface area contributed by atoms with E-state index < -0.39 is 17.5 Å². The maximum atomic E-state index is 13.3. The Kier molecular flexibility index (Phi) is 7.26. The van der Waals surface area contributed by atoms with E-state index in [0.717, 1.165) is 30.6 Å². The first-order valence-corrected chi connectivity index (χ1v) is 10.6. The molecule has 0 atom stereocenters. The Morgan fingerprint density at radius 2 is 1.79 bits per heavy atom. The predicted octanol–water partition coefficient (Wildman–Crippen LogP) is 4.34. The van der Waals surface area contributed by atoms with Crippen LogP contribution in [0.2, 0.25) is 0 Å². The third-order valence-electron chi connectivity index (χ3n) is 4.84. The summed E-state index contributed by atoms with van der Waals surface area (Å²) in [6.07, 6.45) is 3.56. The highest BCUT2D eigenvalue weighted by atomic mass is 32.1. The number of carbonyl (C=O) groups is 3. The average Bonchev–Trinajstić information content (AvgIpc) is 2.99. The number of esters is 2. The first-order chi connectivity index (χ1) is 13.0. The van der Waals surface area contributed by atoms with Crippen molar-refractivity contribution in [2.75, 3.05) is 18.6 Å². The van der Waals surface area contributed by atoms with Crippen molar-refractivity contribution in [1.29, 1.82) is 0 Å². The van der Waals surface area contributed by atoms with E-state index in [1.54, 1.807) is 26.8 Å². The van der Waals surface area contributed by atoms with Crippen LogP contribution < -0.4 is 4.90 Å². The van der Waals surface area contributed by atoms with Crippen LogP contribution in [0.5, 0.6) is 0 Å². The lowest BCUT2D eigenvalue weighted by atomic mass is 9.82. The standard InChI is InChI=1S/C21H31NO5S/c1-13-7-9-15(10-8-13)19(24)22(12-17(23)27-21(3,4)5)16-11-14(2)28-18(16)20(25)26-6/h11,13,15H,7-10,12H2,1-6H3. The molecule has 6 nitrogen and oxygen atoms in total. The second-order valence-corrected chi connectivity index (χ2v) is 9.79. The second-order valence-electron chi connectivity index (χ2n) is 8.53. The number of thiophene rings is 1. The van der Waals surface area contributed by atoms with E-state index in [1.807, 2.05) is 6.92 Å². The highest BCUT2D eigenvalue weighted by molar-refractivity contribution is 7.14. The van der Waals surface area contributed by atoms with E-state index >= 15 is 0 Å². The number of hydrogen-bond acceptors (Lipinski definition) is 6. The predicted molar refractivity (Wildman–Crippen MR) is 110 cm³/mol. The Morgan fingerprint density at radius 3 is 2.32 bits per heavy atom. The normalized spacial score (nSPS) is 19.8. The van der Waals surface area contributed by atoms with Gasteiger partial charge in [-0.1, -0.05) is 6.92 Å². The van der Waals surface area contributed by atoms with E-state index in [-0.39, 0.29) is 18.4 Å². The molecule has 1 aliphatic rings. The summed E-state index contributed by atoms with van der Waals surface area (Å²) in [7, 11) is 1.31. The fourth-order valence-electron chi connectivity index (χ4n) is 3.45. The number of anilines is 1. The summed E-state index contributed by atoms with van der Waals surface area (Å²) in [6, 6.07) is 1.77. The molecular formula is C21H31NO5S. The lowest BCUT2D eigenvalue weighted by Gasteiger charge is -2.31. The molecule has 0 unspecified atom stereocenters. The number of methoxy groups -OCH3 is 1. The van der Waals surface area contributed by atoms with Crippen LogP contribution in [0.1, 0.15) is 67.9 Å². The smallest absolute Gasteiger partial charge is 0.350 e. The largest absolute Gasteiger partial charge is 0.465 e. The molecule has 1 aromatic rings. The van der Waals surface area contributed by atoms with E-state index in [0.29, 0.717) is 16.5 Å². The van der Waals surface area contributed by atoms with Crippen LogP contribution in [-0.4, -0.2) is 37.1 Å². The minimum Gasteiger partial charge on any atom is -0.465 e. The lowest BCUT2D eigenvalue weighted by Crippen LogP contribution is -2.43. The maximum absolute atomic E-state index is 13.3. The minimum absolute atomic E-state index is 0.124. The van der Waals surface area contributed by atoms with Crippen molar-refractivity contribution in [2.24, 2.45) is 11.8 Å². The van der Waals surface area contributed by atoms with Gasteiger partial charge < -0.3 is 9.47 Å². The molecule has 156 valence electrons. The van der Waals surface area contributed by atoms with Gasteiger partial charge in [-0.25, -0.2) is 4.79 Å². The van der Waals surface area contributed by atoms with Crippen molar-refractivity contribution in [3.63, 3.8) is 0 Å². The van der Waals surface area contributed by atoms with Gasteiger partial charge in [-0.15, -0.1) is 11.3 Å². The summed E-state index contributed by atoms with van der Waals surface area (Å²) in [6.45, 7) is 9.19. The quantitative estimate of drug-likeness (QED) is 0.676. The summed E-state index contributed by atoms with van der Waals surface area (Å²) < 4.78 is 10.3. The van der Waals surface area contributed by atoms with E-state index in [2.05, 4.69) is 6.92 Å². The highest BCUT2D eigenvalue weighted by Crippen LogP contribution is 2.35. The van der Waals surface area contributed by atoms with Gasteiger partial charge in [0.15, 0.2) is 0 Å². The van der Waals surface area contributed by atoms with Crippen LogP contribution >= 0.6 is 11.3 Å². The molecule has 0 bridgehead atoms. The number of carbonyl (C=O) groups excluding carboxylic acids is 3. The van der Waals surface area contributed by atoms with Crippen LogP contribution in [0.3, 0.4) is 0 Å². The monoisotopic (exact) mass is 409 g/mol. The fraction of sp³-hybridized carbons (Fsp3) is 0.667. The Hall–Kier alpha value is -1.89. The summed E-state index contributed by atoms with van der Waals surface area (Å²) in [5.41, 5.74) is -0.217. The molecule has 28 heavy (non-hydrogen) atoms. The number of nitrogens with zero attached hydrogens (tertiary/aromatic N) is 1. The molecule has 1 aliphatic carbocycles. The van der Waals surface area contributed by atoms with Gasteiger partial charge >= 0.3 is 11.9 Å². The molecule has 1 aromatic heterocycles. The van der Waals surface area contributed by atoms with Crippen molar-refractivity contribution in [1.82, 2.24) is 0 Å². The molecular weight excluding hydrogens is 378 g/mol. The van der Waals surface area contributed by atoms with Gasteiger partial charge in [0, 0.05) is 10.8 Å². The van der Waals surface area contributed by atoms with Crippen LogP contribution in [-0.2, 0) is 19.1 Å². The van der Waals surface area contributed by atoms with Gasteiger partial charge in [0.25, 0.3) is 0 Å². The molecule has 2 rings (SSSR count). The van der Waals surface area contributed by atoms with Gasteiger partial charge in [-0.3, -0.25) is 14.5 Å². The van der Waals surface area contributed by atoms with E-state index in [1.165, 1.54) is 23.3 Å². The summed E-state index contributed by atoms with van der Waals surface area (Å²) in [5.74, 6) is -0.667. The number of amides is 1. The zero-order valence-corrected chi connectivity index (χ0v) is 18.5. The molecule has 1 saturated carbocycles. The molecule has 1 heterocycles. The Bertz CT molecular complexity index is 726. The van der Waals surface area contributed by atoms with Gasteiger partial charge in [-0.2, -0.15) is 0 Å². The molecule has 7 heteroatoms. The number of aryl methyl sites for hydroxylation is 1. The molecule has 0 aliphatic heterocycles. The van der Waals surface area contributed by atoms with Crippen LogP contribution in [0.4, 0.5) is 5.69 Å². The van der Waals surface area contributed by atoms with Crippen molar-refractivity contribution >= 4 is 34.9 Å². The van der Waals surface area contributed by atoms with Crippen molar-refractivity contribution in [2.45, 2.75) is 65.9 Å². The molecule has 0 N–H and O–H groups in total. The fourth-order valence-corrected chi connectivity index (χ4v) is 4.39. The molecule has 0 aromatic carbocycles. The second kappa shape index (κ2) is 9.07. The summed E-state index contributed by atoms with van der Waals surface area (Å²) in [4.78, 5) is 40.7. The zero-order valence-electron chi connectivity index (χ0n) is 17.7. The third-order valence-corrected chi connectivity index (χ3v) is 5.86. The van der Waals surface area contributed by atoms with Gasteiger partial charge in [0.2, 0.25) is 5.91 Å². The van der Waals surface area contributed by atoms with E-state index in [9.17, 15) is 14.4 Å². The Balaban J connectivity index is 2.35. The Labute approximate surface area is 171 Å². The van der Waals surface area contributed by atoms with Crippen molar-refractivity contribution in [3.8, 4) is 0 Å². The SMILES string of the molecule is COC(=O)c1sc(C)cc1N(CC(=O)OC(C)(C)C)C(=O)C1CCC(C)CC1. The third kappa shape index (κ3) is 5.80. The first kappa shape index (κ1) is 22.4. The lowest BCUT2D eigenvalue weighted by molar-refractivity contribution is -0.153. The molecule has 1 fully saturated rings. The van der Waals surface area contributed by atoms with E-state index in [4.69, 9.17) is 9.47 Å². The van der Waals surface area contributed by atoms with Gasteiger partial charge in [0.1, 0.15) is 17.0 Å².